The van der Waals surface area contributed by atoms with E-state index >= 15 is 0 Å². The Hall–Kier alpha value is -1.37. The zero-order chi connectivity index (χ0) is 14.8. The van der Waals surface area contributed by atoms with Crippen LogP contribution in [0.4, 0.5) is 18.9 Å². The molecule has 7 heteroatoms. The van der Waals surface area contributed by atoms with Crippen LogP contribution in [0.1, 0.15) is 0 Å². The van der Waals surface area contributed by atoms with Crippen molar-refractivity contribution in [3.8, 4) is 0 Å². The molecule has 20 heavy (non-hydrogen) atoms. The van der Waals surface area contributed by atoms with Crippen molar-refractivity contribution in [1.29, 1.82) is 0 Å². The van der Waals surface area contributed by atoms with E-state index in [1.165, 1.54) is 0 Å². The highest BCUT2D eigenvalue weighted by Gasteiger charge is 2.43. The van der Waals surface area contributed by atoms with Gasteiger partial charge in [0.25, 0.3) is 0 Å². The van der Waals surface area contributed by atoms with E-state index in [1.54, 1.807) is 11.8 Å². The molecule has 1 fully saturated rings. The minimum Gasteiger partial charge on any atom is -0.368 e. The minimum atomic E-state index is -4.78. The summed E-state index contributed by atoms with van der Waals surface area (Å²) in [5.41, 5.74) is 0.974. The molecule has 1 aromatic carbocycles. The number of hydrogen-bond acceptors (Lipinski definition) is 3. The topological polar surface area (TPSA) is 23.6 Å². The summed E-state index contributed by atoms with van der Waals surface area (Å²) in [4.78, 5) is 15.1. The molecule has 1 aliphatic heterocycles. The number of amides is 1. The molecule has 0 atom stereocenters. The van der Waals surface area contributed by atoms with Crippen molar-refractivity contribution < 1.29 is 18.0 Å². The van der Waals surface area contributed by atoms with Crippen molar-refractivity contribution in [2.45, 2.75) is 11.1 Å². The second-order valence-corrected chi connectivity index (χ2v) is 5.35. The van der Waals surface area contributed by atoms with Crippen LogP contribution in [0, 0.1) is 0 Å². The van der Waals surface area contributed by atoms with Gasteiger partial charge in [0.05, 0.1) is 0 Å². The Bertz CT molecular complexity index is 467. The van der Waals surface area contributed by atoms with Crippen LogP contribution in [0.3, 0.4) is 0 Å². The number of alkyl halides is 3. The van der Waals surface area contributed by atoms with Crippen molar-refractivity contribution >= 4 is 23.4 Å². The maximum absolute atomic E-state index is 12.3. The van der Waals surface area contributed by atoms with Crippen LogP contribution in [-0.2, 0) is 4.79 Å². The van der Waals surface area contributed by atoms with Gasteiger partial charge in [-0.1, -0.05) is 0 Å². The molecule has 3 nitrogen and oxygen atoms in total. The summed E-state index contributed by atoms with van der Waals surface area (Å²) < 4.78 is 37.0. The first-order valence-electron chi connectivity index (χ1n) is 6.17. The van der Waals surface area contributed by atoms with E-state index in [2.05, 4.69) is 0 Å². The fourth-order valence-corrected chi connectivity index (χ4v) is 2.55. The van der Waals surface area contributed by atoms with Gasteiger partial charge in [-0.25, -0.2) is 0 Å². The fourth-order valence-electron chi connectivity index (χ4n) is 2.14. The summed E-state index contributed by atoms with van der Waals surface area (Å²) >= 11 is 1.63. The molecule has 110 valence electrons. The Morgan fingerprint density at radius 3 is 2.10 bits per heavy atom. The molecule has 0 unspecified atom stereocenters. The maximum atomic E-state index is 12.3. The summed E-state index contributed by atoms with van der Waals surface area (Å²) in [6, 6.07) is 7.86. The van der Waals surface area contributed by atoms with Crippen molar-refractivity contribution in [3.63, 3.8) is 0 Å². The SMILES string of the molecule is CSc1ccc(N2CCN(C(=O)C(F)(F)F)CC2)cc1. The van der Waals surface area contributed by atoms with Gasteiger partial charge in [0, 0.05) is 36.8 Å². The van der Waals surface area contributed by atoms with Crippen molar-refractivity contribution in [3.05, 3.63) is 24.3 Å². The number of piperazine rings is 1. The third kappa shape index (κ3) is 3.39. The lowest BCUT2D eigenvalue weighted by molar-refractivity contribution is -0.185. The van der Waals surface area contributed by atoms with Crippen LogP contribution in [0.5, 0.6) is 0 Å². The highest BCUT2D eigenvalue weighted by atomic mass is 32.2. The largest absolute Gasteiger partial charge is 0.471 e. The van der Waals surface area contributed by atoms with Gasteiger partial charge >= 0.3 is 12.1 Å². The maximum Gasteiger partial charge on any atom is 0.471 e. The molecule has 0 aliphatic carbocycles. The molecule has 0 N–H and O–H groups in total. The number of thioether (sulfide) groups is 1. The standard InChI is InChI=1S/C13H15F3N2OS/c1-20-11-4-2-10(3-5-11)17-6-8-18(9-7-17)12(19)13(14,15)16/h2-5H,6-9H2,1H3. The molecule has 0 radical (unpaired) electrons. The molecule has 0 spiro atoms. The van der Waals surface area contributed by atoms with Gasteiger partial charge in [-0.15, -0.1) is 11.8 Å². The van der Waals surface area contributed by atoms with Crippen LogP contribution in [-0.4, -0.2) is 49.4 Å². The molecule has 0 aromatic heterocycles. The fraction of sp³-hybridized carbons (Fsp3) is 0.462. The highest BCUT2D eigenvalue weighted by molar-refractivity contribution is 7.98. The van der Waals surface area contributed by atoms with Gasteiger partial charge in [-0.2, -0.15) is 13.2 Å². The van der Waals surface area contributed by atoms with Gasteiger partial charge in [0.2, 0.25) is 0 Å². The number of rotatable bonds is 2. The normalized spacial score (nSPS) is 16.4. The number of nitrogens with zero attached hydrogens (tertiary/aromatic N) is 2. The van der Waals surface area contributed by atoms with Crippen LogP contribution in [0.25, 0.3) is 0 Å². The smallest absolute Gasteiger partial charge is 0.368 e. The summed E-state index contributed by atoms with van der Waals surface area (Å²) in [6.07, 6.45) is -2.79. The molecule has 1 saturated heterocycles. The van der Waals surface area contributed by atoms with Crippen molar-refractivity contribution in [1.82, 2.24) is 4.90 Å². The predicted octanol–water partition coefficient (Wildman–Crippen LogP) is 2.62. The summed E-state index contributed by atoms with van der Waals surface area (Å²) in [5, 5.41) is 0. The molecule has 1 amide bonds. The van der Waals surface area contributed by atoms with Gasteiger partial charge in [0.1, 0.15) is 0 Å². The van der Waals surface area contributed by atoms with E-state index in [1.807, 2.05) is 35.4 Å². The summed E-state index contributed by atoms with van der Waals surface area (Å²) in [7, 11) is 0. The Labute approximate surface area is 119 Å². The van der Waals surface area contributed by atoms with Crippen LogP contribution < -0.4 is 4.90 Å². The van der Waals surface area contributed by atoms with E-state index in [-0.39, 0.29) is 13.1 Å². The number of anilines is 1. The Balaban J connectivity index is 1.95. The average Bonchev–Trinajstić information content (AvgIpc) is 2.46. The van der Waals surface area contributed by atoms with E-state index in [0.29, 0.717) is 13.1 Å². The highest BCUT2D eigenvalue weighted by Crippen LogP contribution is 2.23. The zero-order valence-electron chi connectivity index (χ0n) is 11.0. The monoisotopic (exact) mass is 304 g/mol. The van der Waals surface area contributed by atoms with Gasteiger partial charge < -0.3 is 9.80 Å². The molecule has 0 saturated carbocycles. The molecule has 0 bridgehead atoms. The van der Waals surface area contributed by atoms with Crippen LogP contribution in [0.15, 0.2) is 29.2 Å². The molecule has 1 aromatic rings. The minimum absolute atomic E-state index is 0.0998. The predicted molar refractivity (Wildman–Crippen MR) is 73.1 cm³/mol. The van der Waals surface area contributed by atoms with Gasteiger partial charge in [-0.3, -0.25) is 4.79 Å². The van der Waals surface area contributed by atoms with Gasteiger partial charge in [-0.05, 0) is 30.5 Å². The average molecular weight is 304 g/mol. The molecule has 1 heterocycles. The Kier molecular flexibility index (Phi) is 4.47. The lowest BCUT2D eigenvalue weighted by Crippen LogP contribution is -2.52. The Morgan fingerprint density at radius 1 is 1.10 bits per heavy atom. The zero-order valence-corrected chi connectivity index (χ0v) is 11.8. The Morgan fingerprint density at radius 2 is 1.65 bits per heavy atom. The summed E-state index contributed by atoms with van der Waals surface area (Å²) in [5.74, 6) is -1.74. The summed E-state index contributed by atoms with van der Waals surface area (Å²) in [6.45, 7) is 1.03. The molecule has 1 aliphatic rings. The van der Waals surface area contributed by atoms with Gasteiger partial charge in [0.15, 0.2) is 0 Å². The van der Waals surface area contributed by atoms with E-state index in [4.69, 9.17) is 0 Å². The van der Waals surface area contributed by atoms with Crippen LogP contribution in [0.2, 0.25) is 0 Å². The molecular weight excluding hydrogens is 289 g/mol. The third-order valence-corrected chi connectivity index (χ3v) is 3.99. The van der Waals surface area contributed by atoms with E-state index in [9.17, 15) is 18.0 Å². The lowest BCUT2D eigenvalue weighted by atomic mass is 10.2. The first-order valence-corrected chi connectivity index (χ1v) is 7.39. The van der Waals surface area contributed by atoms with E-state index in [0.717, 1.165) is 15.5 Å². The first kappa shape index (κ1) is 15.0. The van der Waals surface area contributed by atoms with Crippen LogP contribution >= 0.6 is 11.8 Å². The second kappa shape index (κ2) is 5.95. The second-order valence-electron chi connectivity index (χ2n) is 4.48. The number of carbonyl (C=O) groups is 1. The number of carbonyl (C=O) groups excluding carboxylic acids is 1. The number of hydrogen-bond donors (Lipinski definition) is 0. The number of benzene rings is 1. The molecule has 2 rings (SSSR count). The lowest BCUT2D eigenvalue weighted by Gasteiger charge is -2.36. The quantitative estimate of drug-likeness (QED) is 0.785. The van der Waals surface area contributed by atoms with Crippen molar-refractivity contribution in [2.75, 3.05) is 37.3 Å². The number of halogens is 3. The van der Waals surface area contributed by atoms with Crippen molar-refractivity contribution in [2.24, 2.45) is 0 Å². The third-order valence-electron chi connectivity index (χ3n) is 3.25. The first-order chi connectivity index (χ1) is 9.41. The van der Waals surface area contributed by atoms with E-state index < -0.39 is 12.1 Å². The molecular formula is C13H15F3N2OS.